The number of rotatable bonds is 7. The molecule has 0 radical (unpaired) electrons. The fourth-order valence-electron chi connectivity index (χ4n) is 1.77. The lowest BCUT2D eigenvalue weighted by atomic mass is 10.1. The Morgan fingerprint density at radius 2 is 1.76 bits per heavy atom. The van der Waals surface area contributed by atoms with Gasteiger partial charge in [-0.3, -0.25) is 0 Å². The first-order valence-corrected chi connectivity index (χ1v) is 7.62. The lowest BCUT2D eigenvalue weighted by molar-refractivity contribution is -0.0395. The van der Waals surface area contributed by atoms with Crippen LogP contribution in [0, 0.1) is 6.92 Å². The van der Waals surface area contributed by atoms with E-state index in [0.29, 0.717) is 19.8 Å². The Hall–Kier alpha value is -0.840. The lowest BCUT2D eigenvalue weighted by Crippen LogP contribution is -2.35. The molecule has 0 atom stereocenters. The SMILES string of the molecule is Cc1oc(COCCOC(C)(C)C)cc1CNC(C)(C)C. The van der Waals surface area contributed by atoms with Crippen LogP contribution in [-0.2, 0) is 22.6 Å². The van der Waals surface area contributed by atoms with Crippen molar-refractivity contribution in [1.29, 1.82) is 0 Å². The Bertz CT molecular complexity index is 424. The van der Waals surface area contributed by atoms with Crippen LogP contribution in [0.1, 0.15) is 58.6 Å². The molecule has 0 amide bonds. The molecule has 4 nitrogen and oxygen atoms in total. The van der Waals surface area contributed by atoms with Crippen LogP contribution in [-0.4, -0.2) is 24.4 Å². The molecule has 0 aromatic carbocycles. The molecule has 1 heterocycles. The van der Waals surface area contributed by atoms with E-state index in [2.05, 4.69) is 32.2 Å². The predicted molar refractivity (Wildman–Crippen MR) is 85.4 cm³/mol. The summed E-state index contributed by atoms with van der Waals surface area (Å²) in [5, 5.41) is 3.46. The fraction of sp³-hybridized carbons (Fsp3) is 0.765. The number of hydrogen-bond donors (Lipinski definition) is 1. The van der Waals surface area contributed by atoms with E-state index in [1.165, 1.54) is 5.56 Å². The van der Waals surface area contributed by atoms with Crippen molar-refractivity contribution >= 4 is 0 Å². The van der Waals surface area contributed by atoms with E-state index in [4.69, 9.17) is 13.9 Å². The molecule has 122 valence electrons. The van der Waals surface area contributed by atoms with Crippen molar-refractivity contribution in [2.45, 2.75) is 72.8 Å². The maximum Gasteiger partial charge on any atom is 0.130 e. The molecule has 1 N–H and O–H groups in total. The van der Waals surface area contributed by atoms with Gasteiger partial charge >= 0.3 is 0 Å². The molecule has 0 saturated carbocycles. The molecule has 0 fully saturated rings. The Morgan fingerprint density at radius 3 is 2.33 bits per heavy atom. The maximum absolute atomic E-state index is 5.72. The molecular formula is C17H31NO3. The molecular weight excluding hydrogens is 266 g/mol. The van der Waals surface area contributed by atoms with Gasteiger partial charge in [-0.15, -0.1) is 0 Å². The molecule has 0 aliphatic heterocycles. The second kappa shape index (κ2) is 7.43. The minimum absolute atomic E-state index is 0.102. The number of nitrogens with one attached hydrogen (secondary N) is 1. The van der Waals surface area contributed by atoms with Crippen molar-refractivity contribution in [2.75, 3.05) is 13.2 Å². The largest absolute Gasteiger partial charge is 0.464 e. The monoisotopic (exact) mass is 297 g/mol. The fourth-order valence-corrected chi connectivity index (χ4v) is 1.77. The molecule has 0 spiro atoms. The van der Waals surface area contributed by atoms with Gasteiger partial charge in [0.2, 0.25) is 0 Å². The molecule has 0 unspecified atom stereocenters. The summed E-state index contributed by atoms with van der Waals surface area (Å²) in [6.45, 7) is 17.0. The molecule has 1 aromatic rings. The average Bonchev–Trinajstić information content (AvgIpc) is 2.64. The number of ether oxygens (including phenoxy) is 2. The number of aryl methyl sites for hydroxylation is 1. The van der Waals surface area contributed by atoms with Gasteiger partial charge in [0.25, 0.3) is 0 Å². The van der Waals surface area contributed by atoms with Crippen LogP contribution in [0.4, 0.5) is 0 Å². The molecule has 0 bridgehead atoms. The highest BCUT2D eigenvalue weighted by atomic mass is 16.5. The van der Waals surface area contributed by atoms with Crippen LogP contribution >= 0.6 is 0 Å². The van der Waals surface area contributed by atoms with Gasteiger partial charge in [-0.2, -0.15) is 0 Å². The van der Waals surface area contributed by atoms with Crippen molar-refractivity contribution in [1.82, 2.24) is 5.32 Å². The topological polar surface area (TPSA) is 43.6 Å². The highest BCUT2D eigenvalue weighted by Crippen LogP contribution is 2.16. The van der Waals surface area contributed by atoms with Gasteiger partial charge in [0.1, 0.15) is 18.1 Å². The van der Waals surface area contributed by atoms with Gasteiger partial charge in [-0.25, -0.2) is 0 Å². The summed E-state index contributed by atoms with van der Waals surface area (Å²) < 4.78 is 16.9. The van der Waals surface area contributed by atoms with Crippen molar-refractivity contribution in [2.24, 2.45) is 0 Å². The zero-order valence-electron chi connectivity index (χ0n) is 14.6. The van der Waals surface area contributed by atoms with Crippen LogP contribution in [0.3, 0.4) is 0 Å². The quantitative estimate of drug-likeness (QED) is 0.777. The second-order valence-electron chi connectivity index (χ2n) is 7.41. The van der Waals surface area contributed by atoms with Gasteiger partial charge in [-0.1, -0.05) is 0 Å². The first-order valence-electron chi connectivity index (χ1n) is 7.62. The normalized spacial score (nSPS) is 12.9. The highest BCUT2D eigenvalue weighted by Gasteiger charge is 2.13. The molecule has 1 aromatic heterocycles. The molecule has 21 heavy (non-hydrogen) atoms. The molecule has 0 aliphatic rings. The minimum atomic E-state index is -0.115. The molecule has 4 heteroatoms. The van der Waals surface area contributed by atoms with Crippen LogP contribution in [0.15, 0.2) is 10.5 Å². The Labute approximate surface area is 129 Å². The van der Waals surface area contributed by atoms with Crippen LogP contribution in [0.2, 0.25) is 0 Å². The summed E-state index contributed by atoms with van der Waals surface area (Å²) in [7, 11) is 0. The van der Waals surface area contributed by atoms with E-state index in [1.54, 1.807) is 0 Å². The van der Waals surface area contributed by atoms with Gasteiger partial charge in [0.05, 0.1) is 18.8 Å². The average molecular weight is 297 g/mol. The van der Waals surface area contributed by atoms with Crippen molar-refractivity contribution < 1.29 is 13.9 Å². The number of hydrogen-bond acceptors (Lipinski definition) is 4. The summed E-state index contributed by atoms with van der Waals surface area (Å²) in [6, 6.07) is 2.07. The third-order valence-corrected chi connectivity index (χ3v) is 2.89. The predicted octanol–water partition coefficient (Wildman–Crippen LogP) is 3.81. The van der Waals surface area contributed by atoms with Gasteiger partial charge in [0.15, 0.2) is 0 Å². The molecule has 1 rings (SSSR count). The van der Waals surface area contributed by atoms with Crippen LogP contribution < -0.4 is 5.32 Å². The zero-order chi connectivity index (χ0) is 16.1. The summed E-state index contributed by atoms with van der Waals surface area (Å²) in [4.78, 5) is 0. The van der Waals surface area contributed by atoms with E-state index in [1.807, 2.05) is 27.7 Å². The third-order valence-electron chi connectivity index (χ3n) is 2.89. The minimum Gasteiger partial charge on any atom is -0.464 e. The van der Waals surface area contributed by atoms with Crippen molar-refractivity contribution in [3.8, 4) is 0 Å². The van der Waals surface area contributed by atoms with Crippen molar-refractivity contribution in [3.63, 3.8) is 0 Å². The van der Waals surface area contributed by atoms with Gasteiger partial charge in [-0.05, 0) is 54.5 Å². The smallest absolute Gasteiger partial charge is 0.130 e. The maximum atomic E-state index is 5.72. The Morgan fingerprint density at radius 1 is 1.10 bits per heavy atom. The summed E-state index contributed by atoms with van der Waals surface area (Å²) >= 11 is 0. The first-order chi connectivity index (χ1) is 9.57. The number of furan rings is 1. The standard InChI is InChI=1S/C17H31NO3/c1-13-14(11-18-16(2,3)4)10-15(21-13)12-19-8-9-20-17(5,6)7/h10,18H,8-9,11-12H2,1-7H3. The summed E-state index contributed by atoms with van der Waals surface area (Å²) in [6.07, 6.45) is 0. The second-order valence-corrected chi connectivity index (χ2v) is 7.41. The van der Waals surface area contributed by atoms with Gasteiger partial charge < -0.3 is 19.2 Å². The highest BCUT2D eigenvalue weighted by molar-refractivity contribution is 5.20. The van der Waals surface area contributed by atoms with E-state index < -0.39 is 0 Å². The first kappa shape index (κ1) is 18.2. The zero-order valence-corrected chi connectivity index (χ0v) is 14.6. The van der Waals surface area contributed by atoms with E-state index >= 15 is 0 Å². The molecule has 0 saturated heterocycles. The summed E-state index contributed by atoms with van der Waals surface area (Å²) in [5.41, 5.74) is 1.18. The van der Waals surface area contributed by atoms with E-state index in [-0.39, 0.29) is 11.1 Å². The third kappa shape index (κ3) is 8.24. The summed E-state index contributed by atoms with van der Waals surface area (Å²) in [5.74, 6) is 1.82. The van der Waals surface area contributed by atoms with Gasteiger partial charge in [0, 0.05) is 17.6 Å². The molecule has 0 aliphatic carbocycles. The van der Waals surface area contributed by atoms with E-state index in [9.17, 15) is 0 Å². The van der Waals surface area contributed by atoms with Crippen LogP contribution in [0.25, 0.3) is 0 Å². The Balaban J connectivity index is 2.33. The Kier molecular flexibility index (Phi) is 6.44. The van der Waals surface area contributed by atoms with E-state index in [0.717, 1.165) is 18.1 Å². The van der Waals surface area contributed by atoms with Crippen molar-refractivity contribution in [3.05, 3.63) is 23.2 Å². The lowest BCUT2D eigenvalue weighted by Gasteiger charge is -2.20. The van der Waals surface area contributed by atoms with Crippen LogP contribution in [0.5, 0.6) is 0 Å².